The van der Waals surface area contributed by atoms with Crippen molar-refractivity contribution < 1.29 is 9.53 Å². The van der Waals surface area contributed by atoms with E-state index in [0.29, 0.717) is 17.0 Å². The standard InChI is InChI=1S/C24H27N3O2/c1-18(2)29-23-13-7-6-12-22(23)27-24(28)20-15-21(17-25-16-20)26-14-8-11-19-9-4-3-5-10-19/h3-7,9-10,12-13,15-18,26H,8,11,14H2,1-2H3,(H,27,28). The summed E-state index contributed by atoms with van der Waals surface area (Å²) in [5.74, 6) is 0.434. The van der Waals surface area contributed by atoms with Crippen molar-refractivity contribution >= 4 is 17.3 Å². The Hall–Kier alpha value is -3.34. The molecule has 0 aliphatic rings. The van der Waals surface area contributed by atoms with Crippen LogP contribution in [0.4, 0.5) is 11.4 Å². The summed E-state index contributed by atoms with van der Waals surface area (Å²) in [6, 6.07) is 19.6. The maximum absolute atomic E-state index is 12.7. The number of ether oxygens (including phenoxy) is 1. The molecule has 1 aromatic heterocycles. The van der Waals surface area contributed by atoms with Crippen LogP contribution >= 0.6 is 0 Å². The van der Waals surface area contributed by atoms with E-state index < -0.39 is 0 Å². The highest BCUT2D eigenvalue weighted by molar-refractivity contribution is 6.05. The second-order valence-electron chi connectivity index (χ2n) is 7.10. The summed E-state index contributed by atoms with van der Waals surface area (Å²) in [4.78, 5) is 16.9. The molecule has 3 aromatic rings. The Labute approximate surface area is 172 Å². The van der Waals surface area contributed by atoms with E-state index in [2.05, 4.69) is 39.9 Å². The number of amides is 1. The van der Waals surface area contributed by atoms with Gasteiger partial charge < -0.3 is 15.4 Å². The highest BCUT2D eigenvalue weighted by atomic mass is 16.5. The molecule has 1 amide bonds. The Morgan fingerprint density at radius 3 is 2.59 bits per heavy atom. The zero-order valence-electron chi connectivity index (χ0n) is 16.9. The minimum atomic E-state index is -0.217. The molecule has 0 saturated heterocycles. The first kappa shape index (κ1) is 20.4. The van der Waals surface area contributed by atoms with E-state index in [1.54, 1.807) is 12.4 Å². The molecule has 1 heterocycles. The lowest BCUT2D eigenvalue weighted by Crippen LogP contribution is -2.15. The normalized spacial score (nSPS) is 10.6. The SMILES string of the molecule is CC(C)Oc1ccccc1NC(=O)c1cncc(NCCCc2ccccc2)c1. The topological polar surface area (TPSA) is 63.2 Å². The van der Waals surface area contributed by atoms with Gasteiger partial charge in [-0.2, -0.15) is 0 Å². The molecule has 0 bridgehead atoms. The van der Waals surface area contributed by atoms with E-state index in [9.17, 15) is 4.79 Å². The van der Waals surface area contributed by atoms with E-state index in [0.717, 1.165) is 25.1 Å². The average Bonchev–Trinajstić information content (AvgIpc) is 2.73. The van der Waals surface area contributed by atoms with Crippen LogP contribution in [-0.4, -0.2) is 23.5 Å². The van der Waals surface area contributed by atoms with Crippen molar-refractivity contribution in [3.05, 3.63) is 84.2 Å². The number of rotatable bonds is 9. The van der Waals surface area contributed by atoms with Gasteiger partial charge in [0.15, 0.2) is 0 Å². The summed E-state index contributed by atoms with van der Waals surface area (Å²) >= 11 is 0. The van der Waals surface area contributed by atoms with Crippen LogP contribution in [0.2, 0.25) is 0 Å². The first-order valence-corrected chi connectivity index (χ1v) is 9.91. The van der Waals surface area contributed by atoms with Crippen LogP contribution < -0.4 is 15.4 Å². The van der Waals surface area contributed by atoms with Gasteiger partial charge in [-0.15, -0.1) is 0 Å². The number of hydrogen-bond donors (Lipinski definition) is 2. The van der Waals surface area contributed by atoms with Gasteiger partial charge >= 0.3 is 0 Å². The second kappa shape index (κ2) is 10.3. The Bertz CT molecular complexity index is 926. The van der Waals surface area contributed by atoms with Crippen molar-refractivity contribution in [2.75, 3.05) is 17.2 Å². The number of aryl methyl sites for hydroxylation is 1. The molecule has 29 heavy (non-hydrogen) atoms. The summed E-state index contributed by atoms with van der Waals surface area (Å²) in [6.45, 7) is 4.72. The Morgan fingerprint density at radius 1 is 1.03 bits per heavy atom. The van der Waals surface area contributed by atoms with Crippen molar-refractivity contribution in [3.8, 4) is 5.75 Å². The van der Waals surface area contributed by atoms with Crippen LogP contribution in [-0.2, 0) is 6.42 Å². The van der Waals surface area contributed by atoms with Gasteiger partial charge in [0.05, 0.1) is 23.0 Å². The van der Waals surface area contributed by atoms with Gasteiger partial charge in [0.2, 0.25) is 0 Å². The number of benzene rings is 2. The monoisotopic (exact) mass is 389 g/mol. The van der Waals surface area contributed by atoms with Gasteiger partial charge in [-0.05, 0) is 50.5 Å². The first-order chi connectivity index (χ1) is 14.1. The predicted molar refractivity (Wildman–Crippen MR) is 118 cm³/mol. The Morgan fingerprint density at radius 2 is 1.79 bits per heavy atom. The first-order valence-electron chi connectivity index (χ1n) is 9.91. The second-order valence-corrected chi connectivity index (χ2v) is 7.10. The molecule has 0 atom stereocenters. The van der Waals surface area contributed by atoms with E-state index >= 15 is 0 Å². The quantitative estimate of drug-likeness (QED) is 0.496. The Balaban J connectivity index is 1.57. The molecule has 5 heteroatoms. The summed E-state index contributed by atoms with van der Waals surface area (Å²) in [5, 5.41) is 6.26. The van der Waals surface area contributed by atoms with Crippen molar-refractivity contribution in [1.29, 1.82) is 0 Å². The number of nitrogens with one attached hydrogen (secondary N) is 2. The molecule has 150 valence electrons. The Kier molecular flexibility index (Phi) is 7.22. The molecule has 5 nitrogen and oxygen atoms in total. The average molecular weight is 389 g/mol. The molecule has 0 spiro atoms. The summed E-state index contributed by atoms with van der Waals surface area (Å²) in [6.07, 6.45) is 5.33. The van der Waals surface area contributed by atoms with Gasteiger partial charge in [0.25, 0.3) is 5.91 Å². The van der Waals surface area contributed by atoms with Crippen molar-refractivity contribution in [2.45, 2.75) is 32.8 Å². The number of anilines is 2. The van der Waals surface area contributed by atoms with Crippen LogP contribution in [0, 0.1) is 0 Å². The molecule has 0 aliphatic carbocycles. The van der Waals surface area contributed by atoms with Gasteiger partial charge in [-0.3, -0.25) is 9.78 Å². The fourth-order valence-corrected chi connectivity index (χ4v) is 2.95. The predicted octanol–water partition coefficient (Wildman–Crippen LogP) is 5.17. The van der Waals surface area contributed by atoms with Crippen molar-refractivity contribution in [3.63, 3.8) is 0 Å². The molecule has 3 rings (SSSR count). The summed E-state index contributed by atoms with van der Waals surface area (Å²) < 4.78 is 5.77. The molecule has 2 N–H and O–H groups in total. The third kappa shape index (κ3) is 6.35. The number of nitrogens with zero attached hydrogens (tertiary/aromatic N) is 1. The molecule has 0 radical (unpaired) electrons. The van der Waals surface area contributed by atoms with Gasteiger partial charge in [-0.25, -0.2) is 0 Å². The lowest BCUT2D eigenvalue weighted by Gasteiger charge is -2.15. The van der Waals surface area contributed by atoms with Gasteiger partial charge in [0, 0.05) is 18.9 Å². The van der Waals surface area contributed by atoms with Crippen LogP contribution in [0.5, 0.6) is 5.75 Å². The molecule has 0 saturated carbocycles. The minimum Gasteiger partial charge on any atom is -0.489 e. The van der Waals surface area contributed by atoms with Crippen molar-refractivity contribution in [2.24, 2.45) is 0 Å². The minimum absolute atomic E-state index is 0.0260. The number of hydrogen-bond acceptors (Lipinski definition) is 4. The number of aromatic nitrogens is 1. The molecule has 0 unspecified atom stereocenters. The maximum atomic E-state index is 12.7. The third-order valence-corrected chi connectivity index (χ3v) is 4.31. The zero-order valence-corrected chi connectivity index (χ0v) is 16.9. The summed E-state index contributed by atoms with van der Waals surface area (Å²) in [7, 11) is 0. The van der Waals surface area contributed by atoms with Gasteiger partial charge in [-0.1, -0.05) is 42.5 Å². The number of para-hydroxylation sites is 2. The summed E-state index contributed by atoms with van der Waals surface area (Å²) in [5.41, 5.74) is 3.30. The van der Waals surface area contributed by atoms with E-state index in [-0.39, 0.29) is 12.0 Å². The third-order valence-electron chi connectivity index (χ3n) is 4.31. The molecule has 0 aliphatic heterocycles. The number of pyridine rings is 1. The largest absolute Gasteiger partial charge is 0.489 e. The molecular weight excluding hydrogens is 362 g/mol. The highest BCUT2D eigenvalue weighted by Gasteiger charge is 2.11. The van der Waals surface area contributed by atoms with Crippen LogP contribution in [0.3, 0.4) is 0 Å². The fraction of sp³-hybridized carbons (Fsp3) is 0.250. The van der Waals surface area contributed by atoms with E-state index in [1.165, 1.54) is 5.56 Å². The lowest BCUT2D eigenvalue weighted by molar-refractivity contribution is 0.102. The van der Waals surface area contributed by atoms with Crippen LogP contribution in [0.1, 0.15) is 36.2 Å². The number of carbonyl (C=O) groups is 1. The van der Waals surface area contributed by atoms with Crippen LogP contribution in [0.25, 0.3) is 0 Å². The molecule has 2 aromatic carbocycles. The van der Waals surface area contributed by atoms with Crippen LogP contribution in [0.15, 0.2) is 73.1 Å². The highest BCUT2D eigenvalue weighted by Crippen LogP contribution is 2.25. The van der Waals surface area contributed by atoms with E-state index in [4.69, 9.17) is 4.74 Å². The molecular formula is C24H27N3O2. The van der Waals surface area contributed by atoms with E-state index in [1.807, 2.05) is 50.2 Å². The number of carbonyl (C=O) groups excluding carboxylic acids is 1. The molecule has 0 fully saturated rings. The van der Waals surface area contributed by atoms with Crippen molar-refractivity contribution in [1.82, 2.24) is 4.98 Å². The van der Waals surface area contributed by atoms with Gasteiger partial charge in [0.1, 0.15) is 5.75 Å². The lowest BCUT2D eigenvalue weighted by atomic mass is 10.1. The zero-order chi connectivity index (χ0) is 20.5. The fourth-order valence-electron chi connectivity index (χ4n) is 2.95. The smallest absolute Gasteiger partial charge is 0.257 e. The maximum Gasteiger partial charge on any atom is 0.257 e.